The minimum atomic E-state index is -0.532. The smallest absolute Gasteiger partial charge is 0.270 e. The zero-order chi connectivity index (χ0) is 14.7. The average Bonchev–Trinajstić information content (AvgIpc) is 2.85. The number of nitro benzene ring substituents is 1. The molecule has 0 spiro atoms. The van der Waals surface area contributed by atoms with Crippen molar-refractivity contribution < 1.29 is 14.1 Å². The number of aryl methyl sites for hydroxylation is 1. The van der Waals surface area contributed by atoms with E-state index in [0.29, 0.717) is 5.76 Å². The molecule has 1 atom stereocenters. The number of furan rings is 1. The molecule has 104 valence electrons. The van der Waals surface area contributed by atoms with Gasteiger partial charge in [0.25, 0.3) is 11.6 Å². The van der Waals surface area contributed by atoms with Crippen LogP contribution in [0.5, 0.6) is 0 Å². The number of nitrogens with zero attached hydrogens (tertiary/aromatic N) is 1. The molecule has 0 saturated heterocycles. The molecule has 20 heavy (non-hydrogen) atoms. The summed E-state index contributed by atoms with van der Waals surface area (Å²) in [6.45, 7) is 3.60. The Hall–Kier alpha value is -2.63. The summed E-state index contributed by atoms with van der Waals surface area (Å²) in [6.07, 6.45) is 0. The summed E-state index contributed by atoms with van der Waals surface area (Å²) >= 11 is 0. The Kier molecular flexibility index (Phi) is 3.84. The number of benzene rings is 1. The van der Waals surface area contributed by atoms with Crippen LogP contribution in [0.25, 0.3) is 0 Å². The van der Waals surface area contributed by atoms with Crippen molar-refractivity contribution >= 4 is 11.6 Å². The lowest BCUT2D eigenvalue weighted by molar-refractivity contribution is -0.384. The second-order valence-electron chi connectivity index (χ2n) is 4.45. The zero-order valence-corrected chi connectivity index (χ0v) is 11.1. The molecule has 0 radical (unpaired) electrons. The van der Waals surface area contributed by atoms with Gasteiger partial charge in [0.1, 0.15) is 11.5 Å². The van der Waals surface area contributed by atoms with Gasteiger partial charge in [-0.2, -0.15) is 0 Å². The normalized spacial score (nSPS) is 11.9. The maximum Gasteiger partial charge on any atom is 0.270 e. The molecule has 1 unspecified atom stereocenters. The second-order valence-corrected chi connectivity index (χ2v) is 4.45. The number of non-ortho nitro benzene ring substituents is 1. The molecule has 0 saturated carbocycles. The monoisotopic (exact) mass is 274 g/mol. The fourth-order valence-corrected chi connectivity index (χ4v) is 1.80. The molecule has 1 N–H and O–H groups in total. The molecular weight excluding hydrogens is 260 g/mol. The van der Waals surface area contributed by atoms with Crippen molar-refractivity contribution in [2.45, 2.75) is 19.9 Å². The molecule has 1 amide bonds. The topological polar surface area (TPSA) is 85.4 Å². The molecule has 1 aromatic heterocycles. The Bertz CT molecular complexity index is 648. The van der Waals surface area contributed by atoms with E-state index in [-0.39, 0.29) is 23.2 Å². The molecule has 1 aromatic carbocycles. The van der Waals surface area contributed by atoms with Gasteiger partial charge in [0.2, 0.25) is 0 Å². The highest BCUT2D eigenvalue weighted by atomic mass is 16.6. The van der Waals surface area contributed by atoms with E-state index >= 15 is 0 Å². The van der Waals surface area contributed by atoms with Crippen LogP contribution in [-0.4, -0.2) is 10.8 Å². The van der Waals surface area contributed by atoms with Gasteiger partial charge in [-0.05, 0) is 32.0 Å². The maximum atomic E-state index is 12.0. The highest BCUT2D eigenvalue weighted by Crippen LogP contribution is 2.17. The first-order chi connectivity index (χ1) is 9.47. The van der Waals surface area contributed by atoms with Crippen molar-refractivity contribution in [3.63, 3.8) is 0 Å². The standard InChI is InChI=1S/C14H14N2O4/c1-9-6-7-13(20-9)10(2)15-14(17)11-4-3-5-12(8-11)16(18)19/h3-8,10H,1-2H3,(H,15,17). The van der Waals surface area contributed by atoms with Gasteiger partial charge in [0, 0.05) is 17.7 Å². The SMILES string of the molecule is Cc1ccc(C(C)NC(=O)c2cccc([N+](=O)[O-])c2)o1. The van der Waals surface area contributed by atoms with Crippen LogP contribution in [-0.2, 0) is 0 Å². The van der Waals surface area contributed by atoms with Gasteiger partial charge in [-0.1, -0.05) is 6.07 Å². The summed E-state index contributed by atoms with van der Waals surface area (Å²) in [4.78, 5) is 22.2. The fraction of sp³-hybridized carbons (Fsp3) is 0.214. The first-order valence-corrected chi connectivity index (χ1v) is 6.09. The van der Waals surface area contributed by atoms with E-state index < -0.39 is 4.92 Å². The number of amides is 1. The van der Waals surface area contributed by atoms with Crippen LogP contribution in [0.1, 0.15) is 34.8 Å². The number of hydrogen-bond acceptors (Lipinski definition) is 4. The molecule has 2 rings (SSSR count). The predicted molar refractivity (Wildman–Crippen MR) is 72.4 cm³/mol. The molecule has 6 nitrogen and oxygen atoms in total. The minimum absolute atomic E-state index is 0.112. The molecule has 0 fully saturated rings. The summed E-state index contributed by atoms with van der Waals surface area (Å²) in [5.74, 6) is 1.02. The van der Waals surface area contributed by atoms with Crippen LogP contribution in [0.2, 0.25) is 0 Å². The predicted octanol–water partition coefficient (Wildman–Crippen LogP) is 2.99. The molecule has 6 heteroatoms. The number of carbonyl (C=O) groups excluding carboxylic acids is 1. The maximum absolute atomic E-state index is 12.0. The van der Waals surface area contributed by atoms with Gasteiger partial charge in [-0.3, -0.25) is 14.9 Å². The van der Waals surface area contributed by atoms with Crippen LogP contribution in [0, 0.1) is 17.0 Å². The lowest BCUT2D eigenvalue weighted by atomic mass is 10.1. The Balaban J connectivity index is 2.12. The van der Waals surface area contributed by atoms with Gasteiger partial charge in [0.15, 0.2) is 0 Å². The van der Waals surface area contributed by atoms with E-state index in [1.54, 1.807) is 13.0 Å². The lowest BCUT2D eigenvalue weighted by Crippen LogP contribution is -2.26. The second kappa shape index (κ2) is 5.56. The molecule has 0 bridgehead atoms. The van der Waals surface area contributed by atoms with Gasteiger partial charge in [-0.15, -0.1) is 0 Å². The quantitative estimate of drug-likeness (QED) is 0.686. The van der Waals surface area contributed by atoms with Crippen molar-refractivity contribution in [1.29, 1.82) is 0 Å². The highest BCUT2D eigenvalue weighted by Gasteiger charge is 2.16. The Morgan fingerprint density at radius 1 is 1.35 bits per heavy atom. The van der Waals surface area contributed by atoms with Crippen LogP contribution < -0.4 is 5.32 Å². The summed E-state index contributed by atoms with van der Waals surface area (Å²) < 4.78 is 5.42. The Morgan fingerprint density at radius 2 is 2.10 bits per heavy atom. The zero-order valence-electron chi connectivity index (χ0n) is 11.1. The summed E-state index contributed by atoms with van der Waals surface area (Å²) in [7, 11) is 0. The average molecular weight is 274 g/mol. The van der Waals surface area contributed by atoms with Crippen molar-refractivity contribution in [2.24, 2.45) is 0 Å². The number of rotatable bonds is 4. The van der Waals surface area contributed by atoms with Crippen molar-refractivity contribution in [3.05, 3.63) is 63.6 Å². The molecule has 0 aliphatic heterocycles. The third kappa shape index (κ3) is 3.03. The van der Waals surface area contributed by atoms with Crippen molar-refractivity contribution in [3.8, 4) is 0 Å². The summed E-state index contributed by atoms with van der Waals surface area (Å²) in [5, 5.41) is 13.4. The third-order valence-electron chi connectivity index (χ3n) is 2.85. The first-order valence-electron chi connectivity index (χ1n) is 6.09. The third-order valence-corrected chi connectivity index (χ3v) is 2.85. The van der Waals surface area contributed by atoms with E-state index in [1.807, 2.05) is 13.0 Å². The van der Waals surface area contributed by atoms with Gasteiger partial charge in [0.05, 0.1) is 11.0 Å². The fourth-order valence-electron chi connectivity index (χ4n) is 1.80. The lowest BCUT2D eigenvalue weighted by Gasteiger charge is -2.11. The molecule has 0 aliphatic rings. The number of nitro groups is 1. The van der Waals surface area contributed by atoms with Crippen LogP contribution in [0.4, 0.5) is 5.69 Å². The molecule has 1 heterocycles. The molecular formula is C14H14N2O4. The van der Waals surface area contributed by atoms with E-state index in [2.05, 4.69) is 5.32 Å². The Labute approximate surface area is 115 Å². The summed E-state index contributed by atoms with van der Waals surface area (Å²) in [5.41, 5.74) is 0.133. The van der Waals surface area contributed by atoms with E-state index in [0.717, 1.165) is 5.76 Å². The van der Waals surface area contributed by atoms with Crippen molar-refractivity contribution in [1.82, 2.24) is 5.32 Å². The minimum Gasteiger partial charge on any atom is -0.464 e. The highest BCUT2D eigenvalue weighted by molar-refractivity contribution is 5.95. The Morgan fingerprint density at radius 3 is 2.70 bits per heavy atom. The van der Waals surface area contributed by atoms with Gasteiger partial charge < -0.3 is 9.73 Å². The molecule has 2 aromatic rings. The van der Waals surface area contributed by atoms with Crippen LogP contribution >= 0.6 is 0 Å². The van der Waals surface area contributed by atoms with Gasteiger partial charge >= 0.3 is 0 Å². The van der Waals surface area contributed by atoms with Crippen LogP contribution in [0.15, 0.2) is 40.8 Å². The first kappa shape index (κ1) is 13.8. The largest absolute Gasteiger partial charge is 0.464 e. The number of carbonyl (C=O) groups is 1. The summed E-state index contributed by atoms with van der Waals surface area (Å²) in [6, 6.07) is 8.89. The van der Waals surface area contributed by atoms with E-state index in [1.165, 1.54) is 24.3 Å². The van der Waals surface area contributed by atoms with E-state index in [4.69, 9.17) is 4.42 Å². The number of nitrogens with one attached hydrogen (secondary N) is 1. The number of hydrogen-bond donors (Lipinski definition) is 1. The molecule has 0 aliphatic carbocycles. The van der Waals surface area contributed by atoms with E-state index in [9.17, 15) is 14.9 Å². The van der Waals surface area contributed by atoms with Gasteiger partial charge in [-0.25, -0.2) is 0 Å². The van der Waals surface area contributed by atoms with Crippen LogP contribution in [0.3, 0.4) is 0 Å². The van der Waals surface area contributed by atoms with Crippen molar-refractivity contribution in [2.75, 3.05) is 0 Å².